The quantitative estimate of drug-likeness (QED) is 0.447. The molecule has 0 radical (unpaired) electrons. The zero-order valence-corrected chi connectivity index (χ0v) is 18.8. The van der Waals surface area contributed by atoms with Gasteiger partial charge in [-0.1, -0.05) is 43.3 Å². The number of hydrogen-bond acceptors (Lipinski definition) is 2. The topological polar surface area (TPSA) is 6.48 Å². The van der Waals surface area contributed by atoms with E-state index >= 15 is 0 Å². The van der Waals surface area contributed by atoms with Crippen molar-refractivity contribution in [2.75, 3.05) is 42.2 Å². The summed E-state index contributed by atoms with van der Waals surface area (Å²) in [6.07, 6.45) is 4.84. The fourth-order valence-corrected chi connectivity index (χ4v) is 5.18. The van der Waals surface area contributed by atoms with E-state index in [-0.39, 0.29) is 0 Å². The summed E-state index contributed by atoms with van der Waals surface area (Å²) in [5.41, 5.74) is 6.34. The van der Waals surface area contributed by atoms with Crippen molar-refractivity contribution in [2.24, 2.45) is 0 Å². The second-order valence-corrected chi connectivity index (χ2v) is 11.8. The average molecular weight is 393 g/mol. The highest BCUT2D eigenvalue weighted by atomic mass is 32.3. The van der Waals surface area contributed by atoms with E-state index in [1.807, 2.05) is 0 Å². The molecular weight excluding hydrogens is 360 g/mol. The average Bonchev–Trinajstić information content (AvgIpc) is 2.73. The largest absolute Gasteiger partial charge is 0.344 e. The predicted molar refractivity (Wildman–Crippen MR) is 128 cm³/mol. The van der Waals surface area contributed by atoms with Gasteiger partial charge in [0.1, 0.15) is 0 Å². The molecule has 0 unspecified atom stereocenters. The van der Waals surface area contributed by atoms with Gasteiger partial charge in [0.25, 0.3) is 0 Å². The van der Waals surface area contributed by atoms with E-state index < -0.39 is 10.0 Å². The van der Waals surface area contributed by atoms with Crippen LogP contribution in [0.25, 0.3) is 0 Å². The number of anilines is 4. The maximum atomic E-state index is 2.42. The summed E-state index contributed by atoms with van der Waals surface area (Å²) in [5.74, 6) is 1.18. The number of hydrogen-bond donors (Lipinski definition) is 0. The molecule has 2 nitrogen and oxygen atoms in total. The van der Waals surface area contributed by atoms with Crippen LogP contribution in [0.2, 0.25) is 0 Å². The first-order chi connectivity index (χ1) is 13.4. The van der Waals surface area contributed by atoms with Crippen molar-refractivity contribution in [2.45, 2.75) is 18.7 Å². The fraction of sp³-hybridized carbons (Fsp3) is 0.280. The molecule has 0 heterocycles. The minimum Gasteiger partial charge on any atom is -0.344 e. The molecule has 3 heteroatoms. The van der Waals surface area contributed by atoms with Gasteiger partial charge in [-0.2, -0.15) is 0 Å². The monoisotopic (exact) mass is 392 g/mol. The van der Waals surface area contributed by atoms with Crippen molar-refractivity contribution < 1.29 is 0 Å². The third-order valence-electron chi connectivity index (χ3n) is 5.67. The van der Waals surface area contributed by atoms with Gasteiger partial charge in [0.15, 0.2) is 0 Å². The lowest BCUT2D eigenvalue weighted by Crippen LogP contribution is -2.18. The van der Waals surface area contributed by atoms with Crippen LogP contribution in [0.4, 0.5) is 22.7 Å². The van der Waals surface area contributed by atoms with E-state index in [4.69, 9.17) is 0 Å². The van der Waals surface area contributed by atoms with Crippen LogP contribution in [0.1, 0.15) is 12.5 Å². The Morgan fingerprint density at radius 1 is 0.714 bits per heavy atom. The van der Waals surface area contributed by atoms with Crippen molar-refractivity contribution in [1.82, 2.24) is 0 Å². The Balaban J connectivity index is 2.18. The Morgan fingerprint density at radius 3 is 1.71 bits per heavy atom. The van der Waals surface area contributed by atoms with Crippen LogP contribution in [0.15, 0.2) is 77.7 Å². The molecule has 0 saturated heterocycles. The lowest BCUT2D eigenvalue weighted by molar-refractivity contribution is 1.11. The smallest absolute Gasteiger partial charge is 0.0581 e. The fourth-order valence-electron chi connectivity index (χ4n) is 3.62. The molecule has 0 N–H and O–H groups in total. The third kappa shape index (κ3) is 3.90. The molecular formula is C25H32N2S. The first kappa shape index (κ1) is 20.3. The van der Waals surface area contributed by atoms with Gasteiger partial charge in [-0.15, -0.1) is 0 Å². The molecule has 0 saturated carbocycles. The molecule has 0 aromatic heterocycles. The maximum absolute atomic E-state index is 2.42. The standard InChI is InChI=1S/C25H32N2S/c1-7-28(5,6)24-19-18-23(26(3)21-14-10-8-11-15-21)20(2)25(24)27(4)22-16-12-9-13-17-22/h8-19H,7H2,1-6H3. The Morgan fingerprint density at radius 2 is 1.21 bits per heavy atom. The molecule has 0 atom stereocenters. The van der Waals surface area contributed by atoms with Gasteiger partial charge in [0, 0.05) is 36.1 Å². The van der Waals surface area contributed by atoms with Crippen LogP contribution >= 0.6 is 10.0 Å². The van der Waals surface area contributed by atoms with E-state index in [0.717, 1.165) is 0 Å². The van der Waals surface area contributed by atoms with E-state index in [1.165, 1.54) is 39.0 Å². The van der Waals surface area contributed by atoms with Crippen LogP contribution in [-0.4, -0.2) is 32.4 Å². The molecule has 0 spiro atoms. The highest BCUT2D eigenvalue weighted by Crippen LogP contribution is 2.55. The second kappa shape index (κ2) is 8.32. The SMILES string of the molecule is CCS(C)(C)c1ccc(N(C)c2ccccc2)c(C)c1N(C)c1ccccc1. The van der Waals surface area contributed by atoms with Gasteiger partial charge >= 0.3 is 0 Å². The molecule has 0 bridgehead atoms. The highest BCUT2D eigenvalue weighted by molar-refractivity contribution is 8.32. The van der Waals surface area contributed by atoms with Crippen molar-refractivity contribution in [1.29, 1.82) is 0 Å². The summed E-state index contributed by atoms with van der Waals surface area (Å²) in [5, 5.41) is 0. The Hall–Kier alpha value is -2.39. The summed E-state index contributed by atoms with van der Waals surface area (Å²) >= 11 is 0. The zero-order valence-electron chi connectivity index (χ0n) is 17.9. The molecule has 0 aliphatic carbocycles. The lowest BCUT2D eigenvalue weighted by Gasteiger charge is -2.37. The minimum atomic E-state index is -0.872. The van der Waals surface area contributed by atoms with Crippen molar-refractivity contribution in [3.63, 3.8) is 0 Å². The number of para-hydroxylation sites is 2. The summed E-state index contributed by atoms with van der Waals surface area (Å²) < 4.78 is 0. The zero-order chi connectivity index (χ0) is 20.3. The van der Waals surface area contributed by atoms with Gasteiger partial charge in [0.05, 0.1) is 5.69 Å². The summed E-state index contributed by atoms with van der Waals surface area (Å²) in [4.78, 5) is 6.12. The predicted octanol–water partition coefficient (Wildman–Crippen LogP) is 6.97. The van der Waals surface area contributed by atoms with Crippen LogP contribution in [0.5, 0.6) is 0 Å². The van der Waals surface area contributed by atoms with Crippen LogP contribution in [0.3, 0.4) is 0 Å². The Bertz CT molecular complexity index is 920. The van der Waals surface area contributed by atoms with E-state index in [9.17, 15) is 0 Å². The molecule has 3 aromatic rings. The van der Waals surface area contributed by atoms with E-state index in [2.05, 4.69) is 123 Å². The van der Waals surface area contributed by atoms with Gasteiger partial charge in [0.2, 0.25) is 0 Å². The first-order valence-corrected chi connectivity index (χ1v) is 12.4. The molecule has 3 aromatic carbocycles. The highest BCUT2D eigenvalue weighted by Gasteiger charge is 2.24. The Kier molecular flexibility index (Phi) is 6.04. The first-order valence-electron chi connectivity index (χ1n) is 9.79. The third-order valence-corrected chi connectivity index (χ3v) is 8.63. The molecule has 3 rings (SSSR count). The summed E-state index contributed by atoms with van der Waals surface area (Å²) in [7, 11) is 3.48. The van der Waals surface area contributed by atoms with E-state index in [0.29, 0.717) is 0 Å². The van der Waals surface area contributed by atoms with Crippen LogP contribution < -0.4 is 9.80 Å². The number of benzene rings is 3. The molecule has 148 valence electrons. The summed E-state index contributed by atoms with van der Waals surface area (Å²) in [6, 6.07) is 25.9. The normalized spacial score (nSPS) is 11.9. The minimum absolute atomic E-state index is 0.872. The van der Waals surface area contributed by atoms with Crippen molar-refractivity contribution in [3.8, 4) is 0 Å². The number of nitrogens with zero attached hydrogens (tertiary/aromatic N) is 2. The summed E-state index contributed by atoms with van der Waals surface area (Å²) in [6.45, 7) is 4.57. The second-order valence-electron chi connectivity index (χ2n) is 7.67. The van der Waals surface area contributed by atoms with Crippen molar-refractivity contribution in [3.05, 3.63) is 78.4 Å². The van der Waals surface area contributed by atoms with Gasteiger partial charge in [-0.05, 0) is 67.1 Å². The van der Waals surface area contributed by atoms with Crippen LogP contribution in [-0.2, 0) is 0 Å². The molecule has 0 aliphatic rings. The molecule has 0 aliphatic heterocycles. The van der Waals surface area contributed by atoms with Gasteiger partial charge in [-0.3, -0.25) is 0 Å². The lowest BCUT2D eigenvalue weighted by atomic mass is 10.1. The van der Waals surface area contributed by atoms with Gasteiger partial charge in [-0.25, -0.2) is 10.0 Å². The van der Waals surface area contributed by atoms with Crippen LogP contribution in [0, 0.1) is 6.92 Å². The maximum Gasteiger partial charge on any atom is 0.0581 e. The van der Waals surface area contributed by atoms with Gasteiger partial charge < -0.3 is 9.80 Å². The number of rotatable bonds is 6. The van der Waals surface area contributed by atoms with Crippen molar-refractivity contribution >= 4 is 32.8 Å². The molecule has 0 amide bonds. The molecule has 28 heavy (non-hydrogen) atoms. The molecule has 0 fully saturated rings. The van der Waals surface area contributed by atoms with E-state index in [1.54, 1.807) is 0 Å². The Labute approximate surface area is 172 Å².